The molecular weight excluding hydrogens is 1020 g/mol. The van der Waals surface area contributed by atoms with E-state index in [4.69, 9.17) is 33.2 Å². The summed E-state index contributed by atoms with van der Waals surface area (Å²) in [5.41, 5.74) is 1.87. The van der Waals surface area contributed by atoms with Gasteiger partial charge in [0.2, 0.25) is 11.6 Å². The number of ketones is 5. The van der Waals surface area contributed by atoms with Gasteiger partial charge in [-0.15, -0.1) is 6.58 Å². The summed E-state index contributed by atoms with van der Waals surface area (Å²) in [7, 11) is 3.00. The van der Waals surface area contributed by atoms with Crippen LogP contribution in [0.4, 0.5) is 4.79 Å². The van der Waals surface area contributed by atoms with Gasteiger partial charge in [0.05, 0.1) is 37.9 Å². The number of carbonyl (C=O) groups is 9. The normalized spacial score (nSPS) is 25.8. The lowest BCUT2D eigenvalue weighted by Gasteiger charge is -2.40. The Bertz CT molecular complexity index is 2040. The second-order valence-corrected chi connectivity index (χ2v) is 21.5. The molecular formula is C58H88O20. The van der Waals surface area contributed by atoms with Crippen molar-refractivity contribution in [3.8, 4) is 0 Å². The van der Waals surface area contributed by atoms with Gasteiger partial charge in [-0.1, -0.05) is 76.3 Å². The third-order valence-corrected chi connectivity index (χ3v) is 15.7. The summed E-state index contributed by atoms with van der Waals surface area (Å²) in [6.45, 7) is 14.2. The van der Waals surface area contributed by atoms with Crippen molar-refractivity contribution >= 4 is 54.0 Å². The number of esters is 1. The number of methoxy groups -OCH3 is 2. The van der Waals surface area contributed by atoms with E-state index in [0.29, 0.717) is 57.3 Å². The molecule has 13 atom stereocenters. The maximum absolute atomic E-state index is 14.7. The van der Waals surface area contributed by atoms with Crippen molar-refractivity contribution < 1.29 is 96.0 Å². The Labute approximate surface area is 460 Å². The number of allylic oxidation sites excluding steroid dienone is 5. The van der Waals surface area contributed by atoms with Crippen molar-refractivity contribution in [2.45, 2.75) is 174 Å². The van der Waals surface area contributed by atoms with Gasteiger partial charge < -0.3 is 52.8 Å². The number of carbonyl (C=O) groups excluding carboxylic acids is 9. The maximum Gasteiger partial charge on any atom is 0.508 e. The first-order valence-corrected chi connectivity index (χ1v) is 27.6. The lowest BCUT2D eigenvalue weighted by atomic mass is 9.69. The lowest BCUT2D eigenvalue weighted by molar-refractivity contribution is -0.258. The van der Waals surface area contributed by atoms with Crippen LogP contribution in [0.3, 0.4) is 0 Å². The molecule has 3 rings (SSSR count). The Morgan fingerprint density at radius 3 is 2.14 bits per heavy atom. The fraction of sp³-hybridized carbons (Fsp3) is 0.741. The molecule has 2 aliphatic carbocycles. The number of aliphatic hydroxyl groups excluding tert-OH is 1. The summed E-state index contributed by atoms with van der Waals surface area (Å²) in [5, 5.41) is 23.4. The van der Waals surface area contributed by atoms with Crippen molar-refractivity contribution in [1.29, 1.82) is 0 Å². The Hall–Kier alpha value is -4.99. The van der Waals surface area contributed by atoms with Gasteiger partial charge in [0.15, 0.2) is 11.9 Å². The number of ether oxygens (including phenoxy) is 9. The molecule has 3 fully saturated rings. The summed E-state index contributed by atoms with van der Waals surface area (Å²) in [6, 6.07) is 0. The van der Waals surface area contributed by atoms with E-state index in [-0.39, 0.29) is 108 Å². The molecule has 20 heteroatoms. The molecule has 3 aliphatic rings. The average Bonchev–Trinajstić information content (AvgIpc) is 3.46. The summed E-state index contributed by atoms with van der Waals surface area (Å²) < 4.78 is 47.1. The standard InChI is InChI=1S/C58H88O20/c1-10-14-42(24-37(4)23-36(3)11-2)50(63)29-49(62)40(7)48(28-51(64)46-15-12-13-16-47(46)55(66)56(67)58(69)39(6)26-44(70-8)33-76-58)38(5)25-41-17-19-52(53(27-41)71-9)78-57(68)75-22-21-72-30-43(61)18-20-54(65)77-45(31-73-34-59)32-74-35-60/h10,24-25,34-36,39-42,44-49,52-53,62,69H,1,11-23,26-33H2,2-9H3/b37-24+,38-25+/t36-,39-,40+,41?,42-,44+,46-,47?,48-,49+,52-,53-,58-/m1/s1. The maximum atomic E-state index is 14.7. The van der Waals surface area contributed by atoms with Gasteiger partial charge in [0.1, 0.15) is 44.1 Å². The highest BCUT2D eigenvalue weighted by atomic mass is 16.7. The molecule has 0 amide bonds. The largest absolute Gasteiger partial charge is 0.508 e. The van der Waals surface area contributed by atoms with Gasteiger partial charge in [-0.25, -0.2) is 4.79 Å². The zero-order valence-corrected chi connectivity index (χ0v) is 47.2. The minimum Gasteiger partial charge on any atom is -0.464 e. The zero-order valence-electron chi connectivity index (χ0n) is 47.2. The molecule has 78 heavy (non-hydrogen) atoms. The fourth-order valence-electron chi connectivity index (χ4n) is 10.8. The predicted octanol–water partition coefficient (Wildman–Crippen LogP) is 6.70. The fourth-order valence-corrected chi connectivity index (χ4v) is 10.8. The molecule has 1 heterocycles. The quantitative estimate of drug-likeness (QED) is 0.0163. The first-order chi connectivity index (χ1) is 37.2. The van der Waals surface area contributed by atoms with Crippen molar-refractivity contribution in [3.63, 3.8) is 0 Å². The monoisotopic (exact) mass is 1100 g/mol. The van der Waals surface area contributed by atoms with Crippen molar-refractivity contribution in [2.24, 2.45) is 47.3 Å². The molecule has 0 aromatic rings. The van der Waals surface area contributed by atoms with Crippen LogP contribution in [0.15, 0.2) is 36.0 Å². The van der Waals surface area contributed by atoms with Crippen LogP contribution in [0, 0.1) is 47.3 Å². The molecule has 2 saturated carbocycles. The molecule has 2 N–H and O–H groups in total. The van der Waals surface area contributed by atoms with Crippen molar-refractivity contribution in [2.75, 3.05) is 53.9 Å². The Morgan fingerprint density at radius 2 is 1.53 bits per heavy atom. The number of hydrogen-bond acceptors (Lipinski definition) is 20. The minimum atomic E-state index is -2.35. The molecule has 0 spiro atoms. The summed E-state index contributed by atoms with van der Waals surface area (Å²) in [6.07, 6.45) is 5.97. The van der Waals surface area contributed by atoms with E-state index in [1.807, 2.05) is 32.9 Å². The Balaban J connectivity index is 1.72. The van der Waals surface area contributed by atoms with E-state index in [9.17, 15) is 53.4 Å². The molecule has 0 aromatic heterocycles. The van der Waals surface area contributed by atoms with Gasteiger partial charge in [0, 0.05) is 57.2 Å². The number of rotatable bonds is 37. The van der Waals surface area contributed by atoms with E-state index in [1.54, 1.807) is 13.0 Å². The minimum absolute atomic E-state index is 0.0718. The predicted molar refractivity (Wildman–Crippen MR) is 282 cm³/mol. The van der Waals surface area contributed by atoms with E-state index in [2.05, 4.69) is 29.9 Å². The second kappa shape index (κ2) is 34.9. The first kappa shape index (κ1) is 67.3. The van der Waals surface area contributed by atoms with Crippen LogP contribution >= 0.6 is 0 Å². The highest BCUT2D eigenvalue weighted by Crippen LogP contribution is 2.40. The Kier molecular flexibility index (Phi) is 30.1. The number of hydrogen-bond donors (Lipinski definition) is 2. The van der Waals surface area contributed by atoms with E-state index < -0.39 is 95.2 Å². The van der Waals surface area contributed by atoms with Crippen LogP contribution < -0.4 is 0 Å². The molecule has 0 radical (unpaired) electrons. The zero-order chi connectivity index (χ0) is 58.0. The SMILES string of the molecule is C=CC[C@H](/C=C(\C)C[C@H](C)CC)C(=O)C[C@H](O)[C@@H](C)[C@H](CC(=O)[C@@H]1CCCCC1C(=O)C(=O)[C@]1(O)OC[C@@H](OC)C[C@H]1C)/C(C)=C/C1CC[C@@H](OC(=O)OCCOCC(=O)CCC(=O)OC(COC=O)COC=O)[C@H](OC)C1. The molecule has 2 unspecified atom stereocenters. The van der Waals surface area contributed by atoms with Gasteiger partial charge in [-0.05, 0) is 88.9 Å². The summed E-state index contributed by atoms with van der Waals surface area (Å²) >= 11 is 0. The third-order valence-electron chi connectivity index (χ3n) is 15.7. The molecule has 20 nitrogen and oxygen atoms in total. The first-order valence-electron chi connectivity index (χ1n) is 27.6. The van der Waals surface area contributed by atoms with Crippen LogP contribution in [0.2, 0.25) is 0 Å². The van der Waals surface area contributed by atoms with Gasteiger partial charge >= 0.3 is 12.1 Å². The van der Waals surface area contributed by atoms with E-state index >= 15 is 0 Å². The molecule has 0 bridgehead atoms. The molecule has 440 valence electrons. The smallest absolute Gasteiger partial charge is 0.464 e. The number of aliphatic hydroxyl groups is 2. The topological polar surface area (TPSA) is 277 Å². The van der Waals surface area contributed by atoms with Crippen LogP contribution in [-0.4, -0.2) is 154 Å². The highest BCUT2D eigenvalue weighted by Gasteiger charge is 2.53. The van der Waals surface area contributed by atoms with Crippen LogP contribution in [-0.2, 0) is 81.0 Å². The van der Waals surface area contributed by atoms with Crippen molar-refractivity contribution in [1.82, 2.24) is 0 Å². The summed E-state index contributed by atoms with van der Waals surface area (Å²) in [5.74, 6) is -9.77. The molecule has 1 aliphatic heterocycles. The molecule has 0 aromatic carbocycles. The summed E-state index contributed by atoms with van der Waals surface area (Å²) in [4.78, 5) is 115. The van der Waals surface area contributed by atoms with E-state index in [0.717, 1.165) is 24.0 Å². The van der Waals surface area contributed by atoms with Crippen LogP contribution in [0.1, 0.15) is 138 Å². The van der Waals surface area contributed by atoms with Crippen LogP contribution in [0.5, 0.6) is 0 Å². The third kappa shape index (κ3) is 21.6. The second-order valence-electron chi connectivity index (χ2n) is 21.5. The highest BCUT2D eigenvalue weighted by molar-refractivity contribution is 6.41. The van der Waals surface area contributed by atoms with Gasteiger partial charge in [-0.3, -0.25) is 38.4 Å². The van der Waals surface area contributed by atoms with Crippen LogP contribution in [0.25, 0.3) is 0 Å². The van der Waals surface area contributed by atoms with Gasteiger partial charge in [-0.2, -0.15) is 0 Å². The van der Waals surface area contributed by atoms with Crippen molar-refractivity contribution in [3.05, 3.63) is 36.0 Å². The average molecular weight is 1110 g/mol. The Morgan fingerprint density at radius 1 is 0.846 bits per heavy atom. The molecule has 1 saturated heterocycles. The number of Topliss-reactive ketones (excluding diaryl/α,β-unsaturated/α-hetero) is 5. The lowest BCUT2D eigenvalue weighted by Crippen LogP contribution is -2.57. The van der Waals surface area contributed by atoms with E-state index in [1.165, 1.54) is 14.2 Å². The van der Waals surface area contributed by atoms with Gasteiger partial charge in [0.25, 0.3) is 18.7 Å².